The zero-order chi connectivity index (χ0) is 20.8. The Hall–Kier alpha value is -3.48. The van der Waals surface area contributed by atoms with Crippen LogP contribution >= 0.6 is 0 Å². The number of nitrogens with one attached hydrogen (secondary N) is 1. The highest BCUT2D eigenvalue weighted by molar-refractivity contribution is 5.84. The van der Waals surface area contributed by atoms with Crippen molar-refractivity contribution in [2.45, 2.75) is 25.2 Å². The van der Waals surface area contributed by atoms with Gasteiger partial charge in [-0.25, -0.2) is 9.37 Å². The molecule has 1 saturated carbocycles. The van der Waals surface area contributed by atoms with Gasteiger partial charge in [-0.15, -0.1) is 0 Å². The van der Waals surface area contributed by atoms with Crippen molar-refractivity contribution in [2.75, 3.05) is 14.2 Å². The number of hydrogen-bond acceptors (Lipinski definition) is 5. The number of pyridine rings is 1. The van der Waals surface area contributed by atoms with Crippen LogP contribution in [-0.2, 0) is 6.42 Å². The molecule has 0 amide bonds. The minimum absolute atomic E-state index is 0.185. The summed E-state index contributed by atoms with van der Waals surface area (Å²) in [6.45, 7) is 0. The Morgan fingerprint density at radius 3 is 2.63 bits per heavy atom. The highest BCUT2D eigenvalue weighted by Crippen LogP contribution is 2.44. The van der Waals surface area contributed by atoms with Gasteiger partial charge in [0.1, 0.15) is 11.6 Å². The standard InChI is InChI=1S/C23H20FN3O3/c1-29-18-9-15-17(10-19(18)30-2)26-20(27-23(15)28)8-12-7-14-5-6-16(24)21(13-3-4-13)22(14)25-11-12/h5-7,9-11,13H,3-4,8H2,1-2H3,(H,26,27,28). The number of ether oxygens (including phenoxy) is 2. The van der Waals surface area contributed by atoms with Gasteiger partial charge in [-0.05, 0) is 48.6 Å². The van der Waals surface area contributed by atoms with Crippen molar-refractivity contribution in [2.24, 2.45) is 0 Å². The van der Waals surface area contributed by atoms with Crippen molar-refractivity contribution >= 4 is 21.8 Å². The van der Waals surface area contributed by atoms with E-state index in [2.05, 4.69) is 15.0 Å². The molecule has 7 heteroatoms. The van der Waals surface area contributed by atoms with Crippen LogP contribution in [0, 0.1) is 5.82 Å². The maximum absolute atomic E-state index is 14.3. The van der Waals surface area contributed by atoms with Gasteiger partial charge in [-0.3, -0.25) is 9.78 Å². The van der Waals surface area contributed by atoms with Crippen LogP contribution < -0.4 is 15.0 Å². The number of aromatic nitrogens is 3. The molecule has 0 bridgehead atoms. The summed E-state index contributed by atoms with van der Waals surface area (Å²) in [5.74, 6) is 1.59. The smallest absolute Gasteiger partial charge is 0.258 e. The van der Waals surface area contributed by atoms with Crippen LogP contribution in [0.5, 0.6) is 11.5 Å². The molecule has 2 heterocycles. The number of benzene rings is 2. The molecule has 1 aliphatic carbocycles. The molecule has 0 spiro atoms. The minimum atomic E-state index is -0.247. The van der Waals surface area contributed by atoms with Gasteiger partial charge in [0.15, 0.2) is 11.5 Å². The second-order valence-corrected chi connectivity index (χ2v) is 7.56. The molecule has 4 aromatic rings. The van der Waals surface area contributed by atoms with E-state index in [1.165, 1.54) is 20.3 Å². The first-order chi connectivity index (χ1) is 14.6. The maximum Gasteiger partial charge on any atom is 0.258 e. The Morgan fingerprint density at radius 2 is 1.90 bits per heavy atom. The number of halogens is 1. The van der Waals surface area contributed by atoms with E-state index >= 15 is 0 Å². The lowest BCUT2D eigenvalue weighted by atomic mass is 10.0. The summed E-state index contributed by atoms with van der Waals surface area (Å²) in [4.78, 5) is 24.5. The molecule has 5 rings (SSSR count). The fourth-order valence-electron chi connectivity index (χ4n) is 3.89. The monoisotopic (exact) mass is 405 g/mol. The van der Waals surface area contributed by atoms with Gasteiger partial charge in [0.05, 0.1) is 30.6 Å². The molecule has 30 heavy (non-hydrogen) atoms. The first-order valence-corrected chi connectivity index (χ1v) is 9.79. The molecule has 1 aliphatic rings. The molecule has 0 unspecified atom stereocenters. The molecule has 1 fully saturated rings. The van der Waals surface area contributed by atoms with Crippen molar-refractivity contribution in [3.05, 3.63) is 69.7 Å². The van der Waals surface area contributed by atoms with E-state index in [1.807, 2.05) is 6.07 Å². The Labute approximate surface area is 171 Å². The lowest BCUT2D eigenvalue weighted by Gasteiger charge is -2.10. The molecule has 6 nitrogen and oxygen atoms in total. The summed E-state index contributed by atoms with van der Waals surface area (Å²) < 4.78 is 24.8. The molecule has 0 aliphatic heterocycles. The van der Waals surface area contributed by atoms with Crippen molar-refractivity contribution in [3.8, 4) is 11.5 Å². The zero-order valence-electron chi connectivity index (χ0n) is 16.7. The quantitative estimate of drug-likeness (QED) is 0.541. The lowest BCUT2D eigenvalue weighted by Crippen LogP contribution is -2.12. The first-order valence-electron chi connectivity index (χ1n) is 9.79. The number of nitrogens with zero attached hydrogens (tertiary/aromatic N) is 2. The fourth-order valence-corrected chi connectivity index (χ4v) is 3.89. The average Bonchev–Trinajstić information content (AvgIpc) is 3.58. The van der Waals surface area contributed by atoms with Crippen LogP contribution in [-0.4, -0.2) is 29.2 Å². The van der Waals surface area contributed by atoms with Gasteiger partial charge in [0.2, 0.25) is 0 Å². The molecule has 0 atom stereocenters. The molecule has 0 radical (unpaired) electrons. The number of aromatic amines is 1. The van der Waals surface area contributed by atoms with Crippen LogP contribution in [0.3, 0.4) is 0 Å². The van der Waals surface area contributed by atoms with Gasteiger partial charge < -0.3 is 14.5 Å². The maximum atomic E-state index is 14.3. The van der Waals surface area contributed by atoms with Gasteiger partial charge in [0.25, 0.3) is 5.56 Å². The summed E-state index contributed by atoms with van der Waals surface area (Å²) in [5.41, 5.74) is 2.61. The SMILES string of the molecule is COc1cc2nc(Cc3cnc4c(C5CC5)c(F)ccc4c3)[nH]c(=O)c2cc1OC. The van der Waals surface area contributed by atoms with E-state index in [0.29, 0.717) is 34.6 Å². The summed E-state index contributed by atoms with van der Waals surface area (Å²) >= 11 is 0. The van der Waals surface area contributed by atoms with Crippen molar-refractivity contribution < 1.29 is 13.9 Å². The van der Waals surface area contributed by atoms with Crippen LogP contribution in [0.15, 0.2) is 41.3 Å². The molecule has 1 N–H and O–H groups in total. The van der Waals surface area contributed by atoms with Crippen LogP contribution in [0.25, 0.3) is 21.8 Å². The van der Waals surface area contributed by atoms with E-state index < -0.39 is 0 Å². The Balaban J connectivity index is 1.54. The summed E-state index contributed by atoms with van der Waals surface area (Å²) in [7, 11) is 3.06. The molecular weight excluding hydrogens is 385 g/mol. The van der Waals surface area contributed by atoms with Gasteiger partial charge in [-0.2, -0.15) is 0 Å². The van der Waals surface area contributed by atoms with E-state index in [0.717, 1.165) is 34.9 Å². The van der Waals surface area contributed by atoms with E-state index in [1.54, 1.807) is 24.4 Å². The molecule has 2 aromatic carbocycles. The zero-order valence-corrected chi connectivity index (χ0v) is 16.7. The lowest BCUT2D eigenvalue weighted by molar-refractivity contribution is 0.355. The van der Waals surface area contributed by atoms with Crippen LogP contribution in [0.4, 0.5) is 4.39 Å². The number of methoxy groups -OCH3 is 2. The van der Waals surface area contributed by atoms with Gasteiger partial charge >= 0.3 is 0 Å². The first kappa shape index (κ1) is 18.5. The van der Waals surface area contributed by atoms with Crippen LogP contribution in [0.1, 0.15) is 35.7 Å². The normalized spacial score (nSPS) is 13.7. The third-order valence-corrected chi connectivity index (χ3v) is 5.51. The Kier molecular flexibility index (Phi) is 4.38. The predicted octanol–water partition coefficient (Wildman–Crippen LogP) is 4.10. The second kappa shape index (κ2) is 7.09. The van der Waals surface area contributed by atoms with E-state index in [4.69, 9.17) is 9.47 Å². The van der Waals surface area contributed by atoms with E-state index in [9.17, 15) is 9.18 Å². The molecule has 0 saturated heterocycles. The van der Waals surface area contributed by atoms with Gasteiger partial charge in [-0.1, -0.05) is 0 Å². The van der Waals surface area contributed by atoms with Crippen molar-refractivity contribution in [1.82, 2.24) is 15.0 Å². The minimum Gasteiger partial charge on any atom is -0.493 e. The highest BCUT2D eigenvalue weighted by Gasteiger charge is 2.29. The summed E-state index contributed by atoms with van der Waals surface area (Å²) in [6.07, 6.45) is 4.15. The second-order valence-electron chi connectivity index (χ2n) is 7.56. The predicted molar refractivity (Wildman–Crippen MR) is 112 cm³/mol. The summed E-state index contributed by atoms with van der Waals surface area (Å²) in [6, 6.07) is 8.55. The Bertz CT molecular complexity index is 1350. The summed E-state index contributed by atoms with van der Waals surface area (Å²) in [5, 5.41) is 1.32. The van der Waals surface area contributed by atoms with Crippen molar-refractivity contribution in [3.63, 3.8) is 0 Å². The number of hydrogen-bond donors (Lipinski definition) is 1. The topological polar surface area (TPSA) is 77.1 Å². The molecular formula is C23H20FN3O3. The molecule has 152 valence electrons. The number of fused-ring (bicyclic) bond motifs is 2. The number of rotatable bonds is 5. The van der Waals surface area contributed by atoms with Gasteiger partial charge in [0, 0.05) is 29.6 Å². The van der Waals surface area contributed by atoms with Crippen molar-refractivity contribution in [1.29, 1.82) is 0 Å². The number of H-pyrrole nitrogens is 1. The third kappa shape index (κ3) is 3.16. The fraction of sp³-hybridized carbons (Fsp3) is 0.261. The largest absolute Gasteiger partial charge is 0.493 e. The molecule has 2 aromatic heterocycles. The third-order valence-electron chi connectivity index (χ3n) is 5.51. The van der Waals surface area contributed by atoms with E-state index in [-0.39, 0.29) is 17.3 Å². The Morgan fingerprint density at radius 1 is 1.13 bits per heavy atom. The average molecular weight is 405 g/mol. The highest BCUT2D eigenvalue weighted by atomic mass is 19.1. The van der Waals surface area contributed by atoms with Crippen LogP contribution in [0.2, 0.25) is 0 Å².